The molecule has 3 rings (SSSR count). The maximum atomic E-state index is 12.2. The van der Waals surface area contributed by atoms with Crippen LogP contribution in [-0.4, -0.2) is 22.8 Å². The second kappa shape index (κ2) is 4.63. The highest BCUT2D eigenvalue weighted by Gasteiger charge is 2.48. The Bertz CT molecular complexity index is 538. The number of carbonyl (C=O) groups is 2. The molecule has 1 fully saturated rings. The lowest BCUT2D eigenvalue weighted by atomic mass is 9.87. The highest BCUT2D eigenvalue weighted by atomic mass is 16.7. The van der Waals surface area contributed by atoms with Crippen LogP contribution in [0.25, 0.3) is 0 Å². The lowest BCUT2D eigenvalue weighted by Crippen LogP contribution is -2.52. The highest BCUT2D eigenvalue weighted by Crippen LogP contribution is 2.33. The minimum Gasteiger partial charge on any atom is -0.296 e. The zero-order chi connectivity index (χ0) is 13.4. The number of allylic oxidation sites excluding steroid dienone is 1. The minimum absolute atomic E-state index is 0.0557. The van der Waals surface area contributed by atoms with Crippen molar-refractivity contribution in [3.8, 4) is 0 Å². The Balaban J connectivity index is 1.75. The van der Waals surface area contributed by atoms with Gasteiger partial charge in [-0.1, -0.05) is 49.4 Å². The van der Waals surface area contributed by atoms with Crippen LogP contribution in [0.1, 0.15) is 12.5 Å². The third-order valence-electron chi connectivity index (χ3n) is 3.73. The molecule has 1 aromatic rings. The van der Waals surface area contributed by atoms with Gasteiger partial charge in [-0.05, 0) is 5.56 Å². The van der Waals surface area contributed by atoms with Gasteiger partial charge in [0.15, 0.2) is 5.78 Å². The summed E-state index contributed by atoms with van der Waals surface area (Å²) in [5, 5.41) is 1.24. The molecule has 0 radical (unpaired) electrons. The molecule has 2 bridgehead atoms. The van der Waals surface area contributed by atoms with Gasteiger partial charge < -0.3 is 0 Å². The van der Waals surface area contributed by atoms with Gasteiger partial charge in [-0.2, -0.15) is 0 Å². The SMILES string of the molecule is CC1C(=O)N(OCc2ccccc2)C2C=CC1C2=O. The van der Waals surface area contributed by atoms with Gasteiger partial charge in [0.05, 0.1) is 5.92 Å². The Labute approximate surface area is 111 Å². The van der Waals surface area contributed by atoms with Crippen LogP contribution in [0.2, 0.25) is 0 Å². The summed E-state index contributed by atoms with van der Waals surface area (Å²) < 4.78 is 0. The first-order valence-electron chi connectivity index (χ1n) is 6.40. The Morgan fingerprint density at radius 1 is 1.16 bits per heavy atom. The summed E-state index contributed by atoms with van der Waals surface area (Å²) in [6.07, 6.45) is 3.58. The van der Waals surface area contributed by atoms with Gasteiger partial charge in [-0.25, -0.2) is 5.06 Å². The summed E-state index contributed by atoms with van der Waals surface area (Å²) >= 11 is 0. The number of Topliss-reactive ketones (excluding diaryl/α,β-unsaturated/α-hetero) is 1. The standard InChI is InChI=1S/C15H15NO3/c1-10-12-7-8-13(14(12)17)16(15(10)18)19-9-11-5-3-2-4-6-11/h2-8,10,12-13H,9H2,1H3. The van der Waals surface area contributed by atoms with Gasteiger partial charge in [-0.15, -0.1) is 0 Å². The Hall–Kier alpha value is -1.94. The van der Waals surface area contributed by atoms with Crippen LogP contribution in [0.5, 0.6) is 0 Å². The molecule has 3 unspecified atom stereocenters. The van der Waals surface area contributed by atoms with E-state index >= 15 is 0 Å². The Morgan fingerprint density at radius 3 is 2.63 bits per heavy atom. The average molecular weight is 257 g/mol. The van der Waals surface area contributed by atoms with E-state index in [9.17, 15) is 9.59 Å². The molecule has 1 amide bonds. The number of rotatable bonds is 3. The molecule has 1 aromatic carbocycles. The lowest BCUT2D eigenvalue weighted by molar-refractivity contribution is -0.211. The molecule has 1 aliphatic carbocycles. The number of nitrogens with zero attached hydrogens (tertiary/aromatic N) is 1. The van der Waals surface area contributed by atoms with Gasteiger partial charge in [0.1, 0.15) is 12.6 Å². The molecule has 0 saturated carbocycles. The van der Waals surface area contributed by atoms with Crippen LogP contribution in [0.3, 0.4) is 0 Å². The summed E-state index contributed by atoms with van der Waals surface area (Å²) in [6.45, 7) is 2.07. The second-order valence-electron chi connectivity index (χ2n) is 4.97. The van der Waals surface area contributed by atoms with E-state index in [0.29, 0.717) is 6.61 Å². The fraction of sp³-hybridized carbons (Fsp3) is 0.333. The van der Waals surface area contributed by atoms with Gasteiger partial charge in [-0.3, -0.25) is 14.4 Å². The fourth-order valence-electron chi connectivity index (χ4n) is 2.57. The molecule has 0 aromatic heterocycles. The summed E-state index contributed by atoms with van der Waals surface area (Å²) in [7, 11) is 0. The number of amides is 1. The number of hydrogen-bond donors (Lipinski definition) is 0. The molecule has 1 saturated heterocycles. The summed E-state index contributed by atoms with van der Waals surface area (Å²) in [4.78, 5) is 29.8. The van der Waals surface area contributed by atoms with Crippen LogP contribution in [0.15, 0.2) is 42.5 Å². The van der Waals surface area contributed by atoms with Crippen LogP contribution < -0.4 is 0 Å². The molecule has 0 spiro atoms. The van der Waals surface area contributed by atoms with E-state index in [4.69, 9.17) is 4.84 Å². The van der Waals surface area contributed by atoms with E-state index in [0.717, 1.165) is 5.56 Å². The van der Waals surface area contributed by atoms with Crippen molar-refractivity contribution in [2.75, 3.05) is 0 Å². The summed E-state index contributed by atoms with van der Waals surface area (Å²) in [6, 6.07) is 9.05. The molecular weight excluding hydrogens is 242 g/mol. The molecule has 2 aliphatic rings. The first-order valence-corrected chi connectivity index (χ1v) is 6.40. The Morgan fingerprint density at radius 2 is 1.89 bits per heavy atom. The largest absolute Gasteiger partial charge is 0.296 e. The van der Waals surface area contributed by atoms with Crippen molar-refractivity contribution in [3.05, 3.63) is 48.0 Å². The predicted octanol–water partition coefficient (Wildman–Crippen LogP) is 1.72. The topological polar surface area (TPSA) is 46.6 Å². The quantitative estimate of drug-likeness (QED) is 0.775. The third kappa shape index (κ3) is 1.98. The second-order valence-corrected chi connectivity index (χ2v) is 4.97. The molecule has 1 heterocycles. The first kappa shape index (κ1) is 12.1. The van der Waals surface area contributed by atoms with Gasteiger partial charge in [0.25, 0.3) is 5.91 Å². The smallest absolute Gasteiger partial charge is 0.251 e. The molecule has 0 N–H and O–H groups in total. The van der Waals surface area contributed by atoms with Crippen molar-refractivity contribution in [1.82, 2.24) is 5.06 Å². The van der Waals surface area contributed by atoms with Crippen molar-refractivity contribution < 1.29 is 14.4 Å². The van der Waals surface area contributed by atoms with Crippen LogP contribution in [0.4, 0.5) is 0 Å². The van der Waals surface area contributed by atoms with E-state index in [1.807, 2.05) is 36.4 Å². The maximum Gasteiger partial charge on any atom is 0.251 e. The number of piperidine rings is 1. The lowest BCUT2D eigenvalue weighted by Gasteiger charge is -2.34. The van der Waals surface area contributed by atoms with E-state index in [1.165, 1.54) is 5.06 Å². The number of ketones is 1. The molecular formula is C15H15NO3. The van der Waals surface area contributed by atoms with Crippen molar-refractivity contribution >= 4 is 11.7 Å². The average Bonchev–Trinajstić information content (AvgIpc) is 2.75. The highest BCUT2D eigenvalue weighted by molar-refractivity contribution is 6.02. The van der Waals surface area contributed by atoms with Gasteiger partial charge in [0.2, 0.25) is 0 Å². The number of hydrogen-bond acceptors (Lipinski definition) is 3. The van der Waals surface area contributed by atoms with Gasteiger partial charge >= 0.3 is 0 Å². The first-order chi connectivity index (χ1) is 9.18. The zero-order valence-corrected chi connectivity index (χ0v) is 10.7. The van der Waals surface area contributed by atoms with E-state index in [-0.39, 0.29) is 23.5 Å². The van der Waals surface area contributed by atoms with Crippen molar-refractivity contribution in [1.29, 1.82) is 0 Å². The molecule has 4 nitrogen and oxygen atoms in total. The van der Waals surface area contributed by atoms with E-state index < -0.39 is 6.04 Å². The molecule has 98 valence electrons. The zero-order valence-electron chi connectivity index (χ0n) is 10.7. The molecule has 1 aliphatic heterocycles. The van der Waals surface area contributed by atoms with Crippen molar-refractivity contribution in [3.63, 3.8) is 0 Å². The third-order valence-corrected chi connectivity index (χ3v) is 3.73. The number of hydroxylamine groups is 2. The molecule has 4 heteroatoms. The monoisotopic (exact) mass is 257 g/mol. The fourth-order valence-corrected chi connectivity index (χ4v) is 2.57. The number of fused-ring (bicyclic) bond motifs is 2. The van der Waals surface area contributed by atoms with E-state index in [1.54, 1.807) is 13.0 Å². The van der Waals surface area contributed by atoms with E-state index in [2.05, 4.69) is 0 Å². The van der Waals surface area contributed by atoms with Crippen LogP contribution >= 0.6 is 0 Å². The minimum atomic E-state index is -0.544. The maximum absolute atomic E-state index is 12.2. The normalized spacial score (nSPS) is 29.1. The van der Waals surface area contributed by atoms with Crippen LogP contribution in [0, 0.1) is 11.8 Å². The van der Waals surface area contributed by atoms with Crippen LogP contribution in [-0.2, 0) is 21.0 Å². The Kier molecular flexibility index (Phi) is 2.95. The summed E-state index contributed by atoms with van der Waals surface area (Å²) in [5.41, 5.74) is 0.972. The van der Waals surface area contributed by atoms with Crippen molar-refractivity contribution in [2.45, 2.75) is 19.6 Å². The molecule has 19 heavy (non-hydrogen) atoms. The number of benzene rings is 1. The predicted molar refractivity (Wildman–Crippen MR) is 68.7 cm³/mol. The van der Waals surface area contributed by atoms with Gasteiger partial charge in [0, 0.05) is 5.92 Å². The van der Waals surface area contributed by atoms with Crippen molar-refractivity contribution in [2.24, 2.45) is 11.8 Å². The molecule has 3 atom stereocenters. The number of carbonyl (C=O) groups excluding carboxylic acids is 2. The summed E-state index contributed by atoms with van der Waals surface area (Å²) in [5.74, 6) is -0.664.